The van der Waals surface area contributed by atoms with Crippen LogP contribution in [-0.4, -0.2) is 24.7 Å². The Balaban J connectivity index is 2.64. The molecule has 0 aliphatic carbocycles. The molecular weight excluding hydrogens is 288 g/mol. The summed E-state index contributed by atoms with van der Waals surface area (Å²) in [6.07, 6.45) is 0. The number of aryl methyl sites for hydroxylation is 2. The number of sulfonamides is 1. The third-order valence-corrected chi connectivity index (χ3v) is 5.58. The number of nitrogens with zero attached hydrogens (tertiary/aromatic N) is 3. The minimum Gasteiger partial charge on any atom is -0.381 e. The molecular formula is C14H20N4O2S. The Morgan fingerprint density at radius 1 is 1.29 bits per heavy atom. The van der Waals surface area contributed by atoms with Gasteiger partial charge in [0.2, 0.25) is 0 Å². The maximum Gasteiger partial charge on any atom is 0.269 e. The summed E-state index contributed by atoms with van der Waals surface area (Å²) in [6, 6.07) is 7.37. The molecule has 2 aromatic rings. The van der Waals surface area contributed by atoms with Crippen molar-refractivity contribution in [3.8, 4) is 0 Å². The van der Waals surface area contributed by atoms with Gasteiger partial charge in [-0.05, 0) is 32.4 Å². The van der Waals surface area contributed by atoms with E-state index in [2.05, 4.69) is 5.10 Å². The molecule has 0 unspecified atom stereocenters. The zero-order valence-electron chi connectivity index (χ0n) is 12.7. The Labute approximate surface area is 125 Å². The Kier molecular flexibility index (Phi) is 3.95. The van der Waals surface area contributed by atoms with Crippen molar-refractivity contribution in [1.82, 2.24) is 9.78 Å². The van der Waals surface area contributed by atoms with E-state index in [1.165, 1.54) is 8.99 Å². The largest absolute Gasteiger partial charge is 0.381 e. The van der Waals surface area contributed by atoms with Crippen LogP contribution in [0.25, 0.3) is 0 Å². The fourth-order valence-electron chi connectivity index (χ4n) is 2.36. The average molecular weight is 308 g/mol. The van der Waals surface area contributed by atoms with Crippen LogP contribution in [0.2, 0.25) is 0 Å². The van der Waals surface area contributed by atoms with Gasteiger partial charge in [0.15, 0.2) is 10.7 Å². The topological polar surface area (TPSA) is 81.2 Å². The van der Waals surface area contributed by atoms with Gasteiger partial charge in [-0.2, -0.15) is 5.10 Å². The molecule has 1 aromatic carbocycles. The van der Waals surface area contributed by atoms with Gasteiger partial charge >= 0.3 is 0 Å². The maximum absolute atomic E-state index is 13.0. The molecule has 114 valence electrons. The van der Waals surface area contributed by atoms with Crippen molar-refractivity contribution < 1.29 is 8.42 Å². The van der Waals surface area contributed by atoms with Crippen molar-refractivity contribution in [2.24, 2.45) is 7.05 Å². The van der Waals surface area contributed by atoms with Crippen molar-refractivity contribution in [3.05, 3.63) is 35.5 Å². The minimum absolute atomic E-state index is 0.0297. The van der Waals surface area contributed by atoms with Gasteiger partial charge in [-0.15, -0.1) is 0 Å². The van der Waals surface area contributed by atoms with E-state index in [-0.39, 0.29) is 10.7 Å². The quantitative estimate of drug-likeness (QED) is 0.934. The molecule has 0 atom stereocenters. The molecule has 0 bridgehead atoms. The highest BCUT2D eigenvalue weighted by atomic mass is 32.2. The number of hydrogen-bond acceptors (Lipinski definition) is 4. The van der Waals surface area contributed by atoms with E-state index in [1.54, 1.807) is 27.0 Å². The van der Waals surface area contributed by atoms with E-state index in [0.29, 0.717) is 17.9 Å². The molecule has 1 aromatic heterocycles. The molecule has 0 spiro atoms. The molecule has 0 aliphatic rings. The normalized spacial score (nSPS) is 11.6. The molecule has 21 heavy (non-hydrogen) atoms. The second-order valence-corrected chi connectivity index (χ2v) is 6.68. The molecule has 6 nitrogen and oxygen atoms in total. The molecule has 1 heterocycles. The Morgan fingerprint density at radius 2 is 1.90 bits per heavy atom. The Hall–Kier alpha value is -2.02. The van der Waals surface area contributed by atoms with Crippen LogP contribution < -0.4 is 10.0 Å². The van der Waals surface area contributed by atoms with Crippen LogP contribution in [0.4, 0.5) is 11.5 Å². The zero-order valence-corrected chi connectivity index (χ0v) is 13.5. The summed E-state index contributed by atoms with van der Waals surface area (Å²) in [5.41, 5.74) is 7.87. The van der Waals surface area contributed by atoms with Crippen LogP contribution in [0.15, 0.2) is 29.2 Å². The van der Waals surface area contributed by atoms with Crippen LogP contribution in [0.3, 0.4) is 0 Å². The number of aromatic nitrogens is 2. The maximum atomic E-state index is 13.0. The van der Waals surface area contributed by atoms with Crippen LogP contribution in [-0.2, 0) is 17.1 Å². The number of nitrogen functional groups attached to an aromatic ring is 1. The fourth-order valence-corrected chi connectivity index (χ4v) is 4.19. The van der Waals surface area contributed by atoms with Gasteiger partial charge in [-0.3, -0.25) is 8.99 Å². The smallest absolute Gasteiger partial charge is 0.269 e. The van der Waals surface area contributed by atoms with Gasteiger partial charge in [0, 0.05) is 13.6 Å². The predicted octanol–water partition coefficient (Wildman–Crippen LogP) is 1.83. The summed E-state index contributed by atoms with van der Waals surface area (Å²) < 4.78 is 28.8. The van der Waals surface area contributed by atoms with Crippen LogP contribution in [0, 0.1) is 13.8 Å². The van der Waals surface area contributed by atoms with Gasteiger partial charge in [0.25, 0.3) is 10.0 Å². The molecule has 0 aliphatic heterocycles. The molecule has 7 heteroatoms. The molecule has 0 saturated heterocycles. The van der Waals surface area contributed by atoms with Gasteiger partial charge in [0.1, 0.15) is 0 Å². The van der Waals surface area contributed by atoms with Gasteiger partial charge in [-0.1, -0.05) is 18.2 Å². The molecule has 0 amide bonds. The van der Waals surface area contributed by atoms with Crippen molar-refractivity contribution in [1.29, 1.82) is 0 Å². The van der Waals surface area contributed by atoms with Gasteiger partial charge in [0.05, 0.1) is 11.4 Å². The third-order valence-electron chi connectivity index (χ3n) is 3.52. The SMILES string of the molecule is CCN(c1ccccc1C)S(=O)(=O)c1c(N)nn(C)c1C. The van der Waals surface area contributed by atoms with E-state index in [1.807, 2.05) is 25.1 Å². The van der Waals surface area contributed by atoms with Crippen molar-refractivity contribution in [3.63, 3.8) is 0 Å². The van der Waals surface area contributed by atoms with E-state index < -0.39 is 10.0 Å². The van der Waals surface area contributed by atoms with E-state index in [4.69, 9.17) is 5.73 Å². The van der Waals surface area contributed by atoms with Crippen molar-refractivity contribution >= 4 is 21.5 Å². The summed E-state index contributed by atoms with van der Waals surface area (Å²) in [4.78, 5) is 0.0788. The number of rotatable bonds is 4. The van der Waals surface area contributed by atoms with Gasteiger partial charge in [-0.25, -0.2) is 8.42 Å². The minimum atomic E-state index is -3.74. The lowest BCUT2D eigenvalue weighted by atomic mass is 10.2. The summed E-state index contributed by atoms with van der Waals surface area (Å²) >= 11 is 0. The lowest BCUT2D eigenvalue weighted by Crippen LogP contribution is -2.32. The number of para-hydroxylation sites is 1. The number of hydrogen-bond donors (Lipinski definition) is 1. The van der Waals surface area contributed by atoms with Gasteiger partial charge < -0.3 is 5.73 Å². The number of benzene rings is 1. The van der Waals surface area contributed by atoms with E-state index in [0.717, 1.165) is 5.56 Å². The molecule has 0 saturated carbocycles. The summed E-state index contributed by atoms with van der Waals surface area (Å²) in [5.74, 6) is 0.0297. The standard InChI is InChI=1S/C14H20N4O2S/c1-5-18(12-9-7-6-8-10(12)2)21(19,20)13-11(3)17(4)16-14(13)15/h6-9H,5H2,1-4H3,(H2,15,16). The lowest BCUT2D eigenvalue weighted by molar-refractivity contribution is 0.591. The predicted molar refractivity (Wildman–Crippen MR) is 83.7 cm³/mol. The van der Waals surface area contributed by atoms with Crippen LogP contribution >= 0.6 is 0 Å². The summed E-state index contributed by atoms with van der Waals surface area (Å²) in [7, 11) is -2.07. The molecule has 2 N–H and O–H groups in total. The molecule has 2 rings (SSSR count). The fraction of sp³-hybridized carbons (Fsp3) is 0.357. The number of anilines is 2. The first-order valence-corrected chi connectivity index (χ1v) is 8.12. The van der Waals surface area contributed by atoms with E-state index in [9.17, 15) is 8.42 Å². The second-order valence-electron chi connectivity index (χ2n) is 4.88. The van der Waals surface area contributed by atoms with Crippen molar-refractivity contribution in [2.45, 2.75) is 25.7 Å². The Bertz CT molecular complexity index is 765. The number of nitrogens with two attached hydrogens (primary N) is 1. The average Bonchev–Trinajstić information content (AvgIpc) is 2.66. The first-order chi connectivity index (χ1) is 9.80. The first kappa shape index (κ1) is 15.4. The molecule has 0 fully saturated rings. The first-order valence-electron chi connectivity index (χ1n) is 6.68. The van der Waals surface area contributed by atoms with E-state index >= 15 is 0 Å². The Morgan fingerprint density at radius 3 is 2.38 bits per heavy atom. The summed E-state index contributed by atoms with van der Waals surface area (Å²) in [6.45, 7) is 5.70. The highest BCUT2D eigenvalue weighted by Crippen LogP contribution is 2.30. The highest BCUT2D eigenvalue weighted by Gasteiger charge is 2.31. The van der Waals surface area contributed by atoms with Crippen LogP contribution in [0.5, 0.6) is 0 Å². The second kappa shape index (κ2) is 5.40. The van der Waals surface area contributed by atoms with Crippen LogP contribution in [0.1, 0.15) is 18.2 Å². The monoisotopic (exact) mass is 308 g/mol. The molecule has 0 radical (unpaired) electrons. The third kappa shape index (κ3) is 2.49. The lowest BCUT2D eigenvalue weighted by Gasteiger charge is -2.24. The summed E-state index contributed by atoms with van der Waals surface area (Å²) in [5, 5.41) is 4.00. The zero-order chi connectivity index (χ0) is 15.8. The van der Waals surface area contributed by atoms with Crippen molar-refractivity contribution in [2.75, 3.05) is 16.6 Å². The highest BCUT2D eigenvalue weighted by molar-refractivity contribution is 7.93.